The molecule has 0 spiro atoms. The van der Waals surface area contributed by atoms with Gasteiger partial charge in [-0.15, -0.1) is 5.10 Å². The Morgan fingerprint density at radius 3 is 2.93 bits per heavy atom. The number of rotatable bonds is 4. The van der Waals surface area contributed by atoms with Gasteiger partial charge in [-0.1, -0.05) is 19.1 Å². The van der Waals surface area contributed by atoms with Crippen molar-refractivity contribution in [3.05, 3.63) is 11.9 Å². The van der Waals surface area contributed by atoms with Crippen LogP contribution in [-0.4, -0.2) is 20.9 Å². The molecule has 1 N–H and O–H groups in total. The first kappa shape index (κ1) is 10.7. The third-order valence-corrected chi connectivity index (χ3v) is 1.66. The van der Waals surface area contributed by atoms with Crippen molar-refractivity contribution < 1.29 is 4.79 Å². The van der Waals surface area contributed by atoms with Crippen molar-refractivity contribution in [2.45, 2.75) is 33.9 Å². The summed E-state index contributed by atoms with van der Waals surface area (Å²) in [6.07, 6.45) is 1.86. The predicted molar refractivity (Wildman–Crippen MR) is 52.4 cm³/mol. The predicted octanol–water partition coefficient (Wildman–Crippen LogP) is 0.570. The van der Waals surface area contributed by atoms with Crippen LogP contribution in [0.1, 0.15) is 26.5 Å². The monoisotopic (exact) mass is 196 g/mol. The van der Waals surface area contributed by atoms with Gasteiger partial charge in [0.2, 0.25) is 5.91 Å². The van der Waals surface area contributed by atoms with Crippen LogP contribution in [0.4, 0.5) is 0 Å². The maximum Gasteiger partial charge on any atom is 0.217 e. The number of hydrogen-bond acceptors (Lipinski definition) is 3. The van der Waals surface area contributed by atoms with Gasteiger partial charge >= 0.3 is 0 Å². The zero-order valence-corrected chi connectivity index (χ0v) is 8.82. The van der Waals surface area contributed by atoms with E-state index in [1.54, 1.807) is 4.68 Å². The summed E-state index contributed by atoms with van der Waals surface area (Å²) in [6.45, 7) is 7.03. The van der Waals surface area contributed by atoms with Gasteiger partial charge in [0.1, 0.15) is 5.69 Å². The first-order chi connectivity index (χ1) is 6.58. The van der Waals surface area contributed by atoms with E-state index in [-0.39, 0.29) is 5.91 Å². The molecular formula is C9H16N4O. The fourth-order valence-corrected chi connectivity index (χ4v) is 1.10. The van der Waals surface area contributed by atoms with E-state index in [2.05, 4.69) is 29.5 Å². The van der Waals surface area contributed by atoms with Crippen LogP contribution < -0.4 is 5.32 Å². The Morgan fingerprint density at radius 2 is 2.36 bits per heavy atom. The molecule has 0 atom stereocenters. The van der Waals surface area contributed by atoms with Gasteiger partial charge in [-0.3, -0.25) is 9.48 Å². The topological polar surface area (TPSA) is 59.8 Å². The molecule has 0 saturated heterocycles. The van der Waals surface area contributed by atoms with E-state index >= 15 is 0 Å². The lowest BCUT2D eigenvalue weighted by molar-refractivity contribution is -0.119. The van der Waals surface area contributed by atoms with E-state index in [0.29, 0.717) is 12.5 Å². The lowest BCUT2D eigenvalue weighted by atomic mass is 10.2. The molecule has 0 saturated carbocycles. The Kier molecular flexibility index (Phi) is 3.62. The maximum absolute atomic E-state index is 10.6. The second kappa shape index (κ2) is 4.74. The molecule has 0 aromatic carbocycles. The van der Waals surface area contributed by atoms with Crippen molar-refractivity contribution in [3.8, 4) is 0 Å². The molecule has 0 aliphatic heterocycles. The van der Waals surface area contributed by atoms with Gasteiger partial charge in [-0.05, 0) is 5.92 Å². The molecule has 5 nitrogen and oxygen atoms in total. The molecule has 0 unspecified atom stereocenters. The number of aromatic nitrogens is 3. The zero-order valence-electron chi connectivity index (χ0n) is 8.82. The minimum Gasteiger partial charge on any atom is -0.351 e. The second-order valence-corrected chi connectivity index (χ2v) is 3.74. The van der Waals surface area contributed by atoms with Gasteiger partial charge in [0.25, 0.3) is 0 Å². The quantitative estimate of drug-likeness (QED) is 0.766. The summed E-state index contributed by atoms with van der Waals surface area (Å²) < 4.78 is 1.79. The number of carbonyl (C=O) groups is 1. The van der Waals surface area contributed by atoms with Gasteiger partial charge in [-0.25, -0.2) is 0 Å². The zero-order chi connectivity index (χ0) is 10.6. The maximum atomic E-state index is 10.6. The highest BCUT2D eigenvalue weighted by Crippen LogP contribution is 1.98. The van der Waals surface area contributed by atoms with E-state index < -0.39 is 0 Å². The first-order valence-electron chi connectivity index (χ1n) is 4.71. The van der Waals surface area contributed by atoms with Crippen LogP contribution >= 0.6 is 0 Å². The Hall–Kier alpha value is -1.39. The van der Waals surface area contributed by atoms with Crippen molar-refractivity contribution in [3.63, 3.8) is 0 Å². The first-order valence-corrected chi connectivity index (χ1v) is 4.71. The molecule has 1 aromatic heterocycles. The van der Waals surface area contributed by atoms with E-state index in [1.807, 2.05) is 6.20 Å². The van der Waals surface area contributed by atoms with Crippen molar-refractivity contribution in [2.24, 2.45) is 5.92 Å². The summed E-state index contributed by atoms with van der Waals surface area (Å²) >= 11 is 0. The number of carbonyl (C=O) groups excluding carboxylic acids is 1. The summed E-state index contributed by atoms with van der Waals surface area (Å²) in [5.41, 5.74) is 0.792. The molecule has 0 aliphatic carbocycles. The number of hydrogen-bond donors (Lipinski definition) is 1. The molecule has 1 amide bonds. The van der Waals surface area contributed by atoms with Gasteiger partial charge in [0.05, 0.1) is 12.7 Å². The van der Waals surface area contributed by atoms with Gasteiger partial charge in [-0.2, -0.15) is 0 Å². The Morgan fingerprint density at radius 1 is 1.64 bits per heavy atom. The molecule has 78 valence electrons. The molecule has 0 aliphatic rings. The third kappa shape index (κ3) is 3.55. The standard InChI is InChI=1S/C9H16N4O/c1-7(2)5-13-6-9(11-12-13)4-10-8(3)14/h6-7H,4-5H2,1-3H3,(H,10,14). The Labute approximate surface area is 83.5 Å². The van der Waals surface area contributed by atoms with E-state index in [0.717, 1.165) is 12.2 Å². The molecule has 5 heteroatoms. The Bertz CT molecular complexity index is 306. The molecule has 1 heterocycles. The smallest absolute Gasteiger partial charge is 0.217 e. The van der Waals surface area contributed by atoms with Crippen molar-refractivity contribution in [1.82, 2.24) is 20.3 Å². The molecule has 14 heavy (non-hydrogen) atoms. The molecule has 0 fully saturated rings. The lowest BCUT2D eigenvalue weighted by Gasteiger charge is -2.01. The summed E-state index contributed by atoms with van der Waals surface area (Å²) in [7, 11) is 0. The molecule has 1 aromatic rings. The minimum atomic E-state index is -0.0524. The minimum absolute atomic E-state index is 0.0524. The van der Waals surface area contributed by atoms with Crippen LogP contribution in [0.25, 0.3) is 0 Å². The molecule has 1 rings (SSSR count). The van der Waals surface area contributed by atoms with Crippen molar-refractivity contribution in [2.75, 3.05) is 0 Å². The fraction of sp³-hybridized carbons (Fsp3) is 0.667. The highest BCUT2D eigenvalue weighted by Gasteiger charge is 2.02. The fourth-order valence-electron chi connectivity index (χ4n) is 1.10. The van der Waals surface area contributed by atoms with Gasteiger partial charge < -0.3 is 5.32 Å². The summed E-state index contributed by atoms with van der Waals surface area (Å²) in [4.78, 5) is 10.6. The highest BCUT2D eigenvalue weighted by molar-refractivity contribution is 5.72. The lowest BCUT2D eigenvalue weighted by Crippen LogP contribution is -2.19. The Balaban J connectivity index is 2.46. The van der Waals surface area contributed by atoms with Crippen LogP contribution in [-0.2, 0) is 17.9 Å². The van der Waals surface area contributed by atoms with Crippen molar-refractivity contribution in [1.29, 1.82) is 0 Å². The van der Waals surface area contributed by atoms with Gasteiger partial charge in [0, 0.05) is 13.5 Å². The summed E-state index contributed by atoms with van der Waals surface area (Å²) in [5.74, 6) is 0.494. The second-order valence-electron chi connectivity index (χ2n) is 3.74. The number of amides is 1. The van der Waals surface area contributed by atoms with Crippen LogP contribution in [0.5, 0.6) is 0 Å². The van der Waals surface area contributed by atoms with E-state index in [4.69, 9.17) is 0 Å². The average Bonchev–Trinajstić information content (AvgIpc) is 2.47. The van der Waals surface area contributed by atoms with Crippen LogP contribution in [0, 0.1) is 5.92 Å². The van der Waals surface area contributed by atoms with Crippen LogP contribution in [0.15, 0.2) is 6.20 Å². The largest absolute Gasteiger partial charge is 0.351 e. The summed E-state index contributed by atoms with van der Waals surface area (Å²) in [5, 5.41) is 10.6. The third-order valence-electron chi connectivity index (χ3n) is 1.66. The van der Waals surface area contributed by atoms with E-state index in [1.165, 1.54) is 6.92 Å². The SMILES string of the molecule is CC(=O)NCc1cn(CC(C)C)nn1. The molecular weight excluding hydrogens is 180 g/mol. The highest BCUT2D eigenvalue weighted by atomic mass is 16.1. The van der Waals surface area contributed by atoms with E-state index in [9.17, 15) is 4.79 Å². The van der Waals surface area contributed by atoms with Crippen molar-refractivity contribution >= 4 is 5.91 Å². The van der Waals surface area contributed by atoms with Crippen LogP contribution in [0.2, 0.25) is 0 Å². The van der Waals surface area contributed by atoms with Gasteiger partial charge in [0.15, 0.2) is 0 Å². The molecule has 0 radical (unpaired) electrons. The summed E-state index contributed by atoms with van der Waals surface area (Å²) in [6, 6.07) is 0. The normalized spacial score (nSPS) is 10.6. The number of nitrogens with zero attached hydrogens (tertiary/aromatic N) is 3. The molecule has 0 bridgehead atoms. The van der Waals surface area contributed by atoms with Crippen LogP contribution in [0.3, 0.4) is 0 Å². The average molecular weight is 196 g/mol. The number of nitrogens with one attached hydrogen (secondary N) is 1.